The zero-order valence-electron chi connectivity index (χ0n) is 33.6. The number of aryl methyl sites for hydroxylation is 1. The van der Waals surface area contributed by atoms with Crippen molar-refractivity contribution in [1.29, 1.82) is 0 Å². The molecule has 0 fully saturated rings. The number of nitrogens with two attached hydrogens (primary N) is 2. The highest BCUT2D eigenvalue weighted by Crippen LogP contribution is 2.49. The Morgan fingerprint density at radius 2 is 1.42 bits per heavy atom. The number of hydrogen-bond acceptors (Lipinski definition) is 17. The Kier molecular flexibility index (Phi) is 18.2. The Balaban J connectivity index is 0.000000238. The van der Waals surface area contributed by atoms with E-state index in [4.69, 9.17) is 50.8 Å². The second-order valence-electron chi connectivity index (χ2n) is 13.5. The summed E-state index contributed by atoms with van der Waals surface area (Å²) in [6.07, 6.45) is 2.56. The zero-order chi connectivity index (χ0) is 44.9. The summed E-state index contributed by atoms with van der Waals surface area (Å²) in [6.45, 7) is 4.37. The minimum Gasteiger partial charge on any atom is -0.396 e. The number of rotatable bonds is 22. The van der Waals surface area contributed by atoms with Crippen LogP contribution in [-0.2, 0) is 79.1 Å². The third kappa shape index (κ3) is 14.8. The van der Waals surface area contributed by atoms with Gasteiger partial charge >= 0.3 is 7.60 Å². The topological polar surface area (TPSA) is 280 Å². The van der Waals surface area contributed by atoms with Crippen LogP contribution in [0.15, 0.2) is 69.2 Å². The molecule has 0 spiro atoms. The van der Waals surface area contributed by atoms with Crippen molar-refractivity contribution in [2.75, 3.05) is 68.8 Å². The van der Waals surface area contributed by atoms with E-state index in [1.54, 1.807) is 28.2 Å². The van der Waals surface area contributed by atoms with Crippen molar-refractivity contribution in [2.24, 2.45) is 0 Å². The van der Waals surface area contributed by atoms with Crippen molar-refractivity contribution in [2.45, 2.75) is 33.2 Å². The van der Waals surface area contributed by atoms with Crippen LogP contribution in [-0.4, -0.2) is 101 Å². The van der Waals surface area contributed by atoms with Gasteiger partial charge in [0.25, 0.3) is 11.1 Å². The lowest BCUT2D eigenvalue weighted by molar-refractivity contribution is 0.123. The molecule has 62 heavy (non-hydrogen) atoms. The Morgan fingerprint density at radius 1 is 0.839 bits per heavy atom. The van der Waals surface area contributed by atoms with Crippen molar-refractivity contribution in [3.05, 3.63) is 103 Å². The van der Waals surface area contributed by atoms with Gasteiger partial charge in [0.1, 0.15) is 18.5 Å². The number of aliphatic hydroxyl groups is 1. The van der Waals surface area contributed by atoms with Gasteiger partial charge in [0.15, 0.2) is 22.3 Å². The molecule has 0 aliphatic carbocycles. The fourth-order valence-corrected chi connectivity index (χ4v) is 9.28. The van der Waals surface area contributed by atoms with Gasteiger partial charge in [0.2, 0.25) is 19.3 Å². The van der Waals surface area contributed by atoms with Crippen LogP contribution in [0.4, 0.5) is 16.3 Å². The quantitative estimate of drug-likeness (QED) is 0.0471. The predicted molar refractivity (Wildman–Crippen MR) is 240 cm³/mol. The van der Waals surface area contributed by atoms with E-state index in [1.807, 2.05) is 24.3 Å². The van der Waals surface area contributed by atoms with E-state index in [1.165, 1.54) is 25.4 Å². The number of nitrogen functional groups attached to an aromatic ring is 2. The molecule has 4 aromatic heterocycles. The number of aromatic amines is 2. The normalized spacial score (nSPS) is 14.0. The van der Waals surface area contributed by atoms with Crippen LogP contribution in [0.25, 0.3) is 22.3 Å². The Bertz CT molecular complexity index is 2700. The highest BCUT2D eigenvalue weighted by molar-refractivity contribution is 9.10. The molecule has 6 aromatic rings. The standard InChI is InChI=1S/C19H25BrN5O6PS2.C17H21FN5O4P/c20-15-3-1-2-14(10-15)11-31-32(28,30-7-9-34(33)8-5-26)13-29-6-4-25-12-22-16-17(25)23-19(21)24-18(16)27;1-11-3-4-12(7-13(11)18)8-27-28(2,25)10-26-6-5-23-9-20-14-15(23)21-17(19)22-16(14)24/h1-3,10,12,26H,4-9,11,13H2,(H3,21,23,24,27);3-4,7,9H,5-6,8,10H2,1-2H3,(H3,19,21,22,24). The zero-order valence-corrected chi connectivity index (χ0v) is 38.6. The van der Waals surface area contributed by atoms with Gasteiger partial charge in [-0.15, -0.1) is 9.45 Å². The van der Waals surface area contributed by atoms with Crippen LogP contribution in [0, 0.1) is 12.7 Å². The van der Waals surface area contributed by atoms with Gasteiger partial charge in [-0.2, -0.15) is 9.97 Å². The number of hydrogen-bond donors (Lipinski definition) is 5. The summed E-state index contributed by atoms with van der Waals surface area (Å²) in [5.41, 5.74) is 13.3. The maximum Gasteiger partial charge on any atom is 0.356 e. The fraction of sp³-hybridized carbons (Fsp3) is 0.389. The van der Waals surface area contributed by atoms with Crippen molar-refractivity contribution in [3.8, 4) is 0 Å². The number of H-pyrrole nitrogens is 2. The lowest BCUT2D eigenvalue weighted by Crippen LogP contribution is -2.14. The van der Waals surface area contributed by atoms with Gasteiger partial charge in [-0.05, 0) is 41.8 Å². The average Bonchev–Trinajstić information content (AvgIpc) is 3.82. The molecule has 0 saturated carbocycles. The molecule has 2 aromatic carbocycles. The molecule has 0 radical (unpaired) electrons. The maximum absolute atomic E-state index is 13.6. The summed E-state index contributed by atoms with van der Waals surface area (Å²) >= 11 is 8.66. The number of anilines is 2. The molecular weight excluding hydrogens is 957 g/mol. The van der Waals surface area contributed by atoms with Gasteiger partial charge in [-0.1, -0.05) is 51.4 Å². The van der Waals surface area contributed by atoms with Gasteiger partial charge < -0.3 is 48.8 Å². The summed E-state index contributed by atoms with van der Waals surface area (Å²) in [5.74, 6) is 0.616. The summed E-state index contributed by atoms with van der Waals surface area (Å²) < 4.78 is 71.2. The molecule has 3 atom stereocenters. The summed E-state index contributed by atoms with van der Waals surface area (Å²) in [4.78, 5) is 44.6. The molecule has 0 saturated heterocycles. The average molecular weight is 1000 g/mol. The first kappa shape index (κ1) is 49.0. The predicted octanol–water partition coefficient (Wildman–Crippen LogP) is 4.19. The summed E-state index contributed by atoms with van der Waals surface area (Å²) in [5, 5.41) is 9.01. The third-order valence-corrected chi connectivity index (χ3v) is 14.2. The highest BCUT2D eigenvalue weighted by atomic mass is 79.9. The molecule has 0 aliphatic rings. The van der Waals surface area contributed by atoms with Crippen LogP contribution in [0.3, 0.4) is 0 Å². The number of aromatic nitrogens is 8. The van der Waals surface area contributed by atoms with E-state index >= 15 is 0 Å². The number of aliphatic hydroxyl groups excluding tert-OH is 1. The SMILES string of the molecule is Cc1ccc(COP(C)(=O)COCCn2cnc3c(=O)[nH]c(N)nc32)cc1F.Nc1nc2c(ncn2CCOCP(=O)(OCCS(=S)CCO)OCc2cccc(Br)c2)c(=O)[nH]1. The number of fused-ring (bicyclic) bond motifs is 2. The molecule has 20 nitrogen and oxygen atoms in total. The van der Waals surface area contributed by atoms with E-state index in [0.29, 0.717) is 47.0 Å². The van der Waals surface area contributed by atoms with Crippen LogP contribution in [0.2, 0.25) is 0 Å². The fourth-order valence-electron chi connectivity index (χ4n) is 5.36. The van der Waals surface area contributed by atoms with Gasteiger partial charge in [-0.3, -0.25) is 28.7 Å². The van der Waals surface area contributed by atoms with Crippen molar-refractivity contribution in [1.82, 2.24) is 39.0 Å². The highest BCUT2D eigenvalue weighted by Gasteiger charge is 2.26. The number of imidazole rings is 2. The van der Waals surface area contributed by atoms with Crippen molar-refractivity contribution in [3.63, 3.8) is 0 Å². The first-order chi connectivity index (χ1) is 29.5. The first-order valence-corrected chi connectivity index (χ1v) is 25.9. The second-order valence-corrected chi connectivity index (χ2v) is 22.1. The van der Waals surface area contributed by atoms with E-state index in [0.717, 1.165) is 10.0 Å². The van der Waals surface area contributed by atoms with E-state index in [-0.39, 0.29) is 81.1 Å². The van der Waals surface area contributed by atoms with E-state index in [2.05, 4.69) is 45.8 Å². The second kappa shape index (κ2) is 23.0. The van der Waals surface area contributed by atoms with Crippen LogP contribution in [0.1, 0.15) is 16.7 Å². The van der Waals surface area contributed by atoms with Crippen molar-refractivity contribution >= 4 is 85.8 Å². The molecule has 7 N–H and O–H groups in total. The maximum atomic E-state index is 13.6. The van der Waals surface area contributed by atoms with Crippen LogP contribution < -0.4 is 22.6 Å². The molecule has 0 aliphatic heterocycles. The number of benzene rings is 2. The molecule has 3 unspecified atom stereocenters. The van der Waals surface area contributed by atoms with Gasteiger partial charge in [0.05, 0.1) is 52.3 Å². The Morgan fingerprint density at radius 3 is 2.00 bits per heavy atom. The largest absolute Gasteiger partial charge is 0.396 e. The van der Waals surface area contributed by atoms with Gasteiger partial charge in [0, 0.05) is 35.7 Å². The summed E-state index contributed by atoms with van der Waals surface area (Å²) in [7, 11) is -7.08. The summed E-state index contributed by atoms with van der Waals surface area (Å²) in [6, 6.07) is 12.2. The first-order valence-electron chi connectivity index (χ1n) is 18.7. The lowest BCUT2D eigenvalue weighted by Gasteiger charge is -2.19. The monoisotopic (exact) mass is 1000 g/mol. The molecule has 336 valence electrons. The smallest absolute Gasteiger partial charge is 0.356 e. The Labute approximate surface area is 369 Å². The van der Waals surface area contributed by atoms with E-state index < -0.39 is 35.5 Å². The molecule has 0 bridgehead atoms. The number of nitrogens with one attached hydrogen (secondary N) is 2. The molecule has 4 heterocycles. The molecule has 26 heteroatoms. The third-order valence-electron chi connectivity index (χ3n) is 8.49. The lowest BCUT2D eigenvalue weighted by atomic mass is 10.1. The van der Waals surface area contributed by atoms with E-state index in [9.17, 15) is 23.1 Å². The number of nitrogens with zero attached hydrogens (tertiary/aromatic N) is 6. The van der Waals surface area contributed by atoms with Crippen molar-refractivity contribution < 1.29 is 41.7 Å². The Hall–Kier alpha value is -4.06. The minimum absolute atomic E-state index is 0.000768. The number of halogens is 2. The van der Waals surface area contributed by atoms with Crippen LogP contribution in [0.5, 0.6) is 0 Å². The minimum atomic E-state index is -3.60. The molecule has 6 rings (SSSR count). The molecule has 0 amide bonds. The van der Waals surface area contributed by atoms with Gasteiger partial charge in [-0.25, -0.2) is 14.4 Å². The van der Waals surface area contributed by atoms with Crippen LogP contribution >= 0.6 is 30.9 Å². The number of ether oxygens (including phenoxy) is 2. The molecular formula is C36H46BrFN10O10P2S2.